The van der Waals surface area contributed by atoms with Crippen molar-refractivity contribution in [2.45, 2.75) is 64.2 Å². The maximum absolute atomic E-state index is 11.3. The molecule has 0 aliphatic rings. The molecule has 7 nitrogen and oxygen atoms in total. The van der Waals surface area contributed by atoms with Crippen molar-refractivity contribution in [2.75, 3.05) is 36.4 Å². The maximum atomic E-state index is 11.3. The van der Waals surface area contributed by atoms with E-state index in [1.165, 1.54) is 76.4 Å². The fourth-order valence-corrected chi connectivity index (χ4v) is 3.74. The lowest BCUT2D eigenvalue weighted by Crippen LogP contribution is -2.27. The van der Waals surface area contributed by atoms with Crippen LogP contribution in [-0.4, -0.2) is 37.5 Å². The lowest BCUT2D eigenvalue weighted by molar-refractivity contribution is 0.261. The van der Waals surface area contributed by atoms with Gasteiger partial charge in [0.25, 0.3) is 10.1 Å². The summed E-state index contributed by atoms with van der Waals surface area (Å²) in [6.45, 7) is 10.8. The Balaban J connectivity index is 0.000000347. The van der Waals surface area contributed by atoms with E-state index in [2.05, 4.69) is 31.0 Å². The van der Waals surface area contributed by atoms with Gasteiger partial charge in [-0.3, -0.25) is 4.55 Å². The van der Waals surface area contributed by atoms with Crippen molar-refractivity contribution >= 4 is 32.9 Å². The van der Waals surface area contributed by atoms with Crippen LogP contribution >= 0.6 is 0 Å². The number of nitrogens with zero attached hydrogens (tertiary/aromatic N) is 1. The van der Waals surface area contributed by atoms with Crippen LogP contribution in [0.25, 0.3) is 0 Å². The molecule has 32 heavy (non-hydrogen) atoms. The third kappa shape index (κ3) is 10.8. The summed E-state index contributed by atoms with van der Waals surface area (Å²) in [4.78, 5) is 2.36. The van der Waals surface area contributed by atoms with E-state index in [0.717, 1.165) is 0 Å². The van der Waals surface area contributed by atoms with E-state index < -0.39 is 10.1 Å². The van der Waals surface area contributed by atoms with Crippen molar-refractivity contribution in [2.24, 2.45) is 0 Å². The summed E-state index contributed by atoms with van der Waals surface area (Å²) in [6.07, 6.45) is 8.09. The normalized spacial score (nSPS) is 11.2. The molecule has 180 valence electrons. The summed E-state index contributed by atoms with van der Waals surface area (Å²) in [7, 11) is -4.35. The van der Waals surface area contributed by atoms with Gasteiger partial charge in [0.05, 0.1) is 5.69 Å². The Morgan fingerprint density at radius 2 is 1.28 bits per heavy atom. The van der Waals surface area contributed by atoms with Crippen LogP contribution in [0.1, 0.15) is 59.3 Å². The first-order valence-electron chi connectivity index (χ1n) is 11.4. The molecule has 0 aliphatic heterocycles. The number of benzene rings is 2. The van der Waals surface area contributed by atoms with E-state index in [1.54, 1.807) is 24.3 Å². The Bertz CT molecular complexity index is 868. The summed E-state index contributed by atoms with van der Waals surface area (Å²) >= 11 is 0. The standard InChI is InChI=1S/C12H13N3O3S.C12H27N/c13-8-1-4-10(5-2-8)15-11-6-3-9(14)7-12(11)19(16,17)18;1-4-7-10-13(11-8-5-2)12-9-6-3/h1-7,15H,13-14H2,(H,16,17,18);4-12H2,1-3H3. The van der Waals surface area contributed by atoms with Crippen molar-refractivity contribution in [1.82, 2.24) is 4.90 Å². The molecular weight excluding hydrogens is 424 g/mol. The third-order valence-electron chi connectivity index (χ3n) is 4.96. The molecule has 2 aromatic rings. The van der Waals surface area contributed by atoms with Crippen LogP contribution < -0.4 is 16.8 Å². The molecule has 0 bridgehead atoms. The smallest absolute Gasteiger partial charge is 0.296 e. The summed E-state index contributed by atoms with van der Waals surface area (Å²) in [5.41, 5.74) is 12.8. The molecule has 2 rings (SSSR count). The van der Waals surface area contributed by atoms with Crippen LogP contribution in [-0.2, 0) is 10.1 Å². The van der Waals surface area contributed by atoms with Crippen LogP contribution in [0.5, 0.6) is 0 Å². The first-order valence-corrected chi connectivity index (χ1v) is 12.9. The highest BCUT2D eigenvalue weighted by Gasteiger charge is 2.16. The molecule has 0 saturated heterocycles. The summed E-state index contributed by atoms with van der Waals surface area (Å²) < 4.78 is 31.8. The van der Waals surface area contributed by atoms with Gasteiger partial charge in [0, 0.05) is 17.1 Å². The van der Waals surface area contributed by atoms with Gasteiger partial charge in [-0.05, 0) is 81.4 Å². The van der Waals surface area contributed by atoms with Gasteiger partial charge in [0.2, 0.25) is 0 Å². The van der Waals surface area contributed by atoms with E-state index in [9.17, 15) is 13.0 Å². The van der Waals surface area contributed by atoms with Gasteiger partial charge in [0.1, 0.15) is 4.90 Å². The second kappa shape index (κ2) is 14.7. The Labute approximate surface area is 193 Å². The van der Waals surface area contributed by atoms with Gasteiger partial charge in [-0.25, -0.2) is 0 Å². The van der Waals surface area contributed by atoms with Crippen LogP contribution in [0.2, 0.25) is 0 Å². The van der Waals surface area contributed by atoms with Crippen molar-refractivity contribution in [3.63, 3.8) is 0 Å². The van der Waals surface area contributed by atoms with Gasteiger partial charge in [-0.15, -0.1) is 0 Å². The number of nitrogens with two attached hydrogens (primary N) is 2. The Hall–Kier alpha value is -2.29. The first-order chi connectivity index (χ1) is 15.2. The number of nitrogens with one attached hydrogen (secondary N) is 1. The van der Waals surface area contributed by atoms with E-state index in [1.807, 2.05) is 0 Å². The van der Waals surface area contributed by atoms with E-state index in [4.69, 9.17) is 11.5 Å². The number of rotatable bonds is 12. The van der Waals surface area contributed by atoms with Crippen molar-refractivity contribution in [3.8, 4) is 0 Å². The molecule has 0 radical (unpaired) electrons. The molecule has 2 aromatic carbocycles. The van der Waals surface area contributed by atoms with Crippen molar-refractivity contribution in [1.29, 1.82) is 0 Å². The Kier molecular flexibility index (Phi) is 12.8. The minimum atomic E-state index is -4.35. The van der Waals surface area contributed by atoms with Crippen LogP contribution in [0.4, 0.5) is 22.7 Å². The highest BCUT2D eigenvalue weighted by Crippen LogP contribution is 2.27. The fraction of sp³-hybridized carbons (Fsp3) is 0.500. The average Bonchev–Trinajstić information content (AvgIpc) is 2.76. The quantitative estimate of drug-likeness (QED) is 0.241. The fourth-order valence-electron chi connectivity index (χ4n) is 3.06. The third-order valence-corrected chi connectivity index (χ3v) is 5.85. The van der Waals surface area contributed by atoms with E-state index in [-0.39, 0.29) is 16.3 Å². The van der Waals surface area contributed by atoms with Crippen LogP contribution in [0, 0.1) is 0 Å². The number of unbranched alkanes of at least 4 members (excludes halogenated alkanes) is 3. The molecule has 0 spiro atoms. The lowest BCUT2D eigenvalue weighted by atomic mass is 10.2. The second-order valence-corrected chi connectivity index (χ2v) is 9.27. The summed E-state index contributed by atoms with van der Waals surface area (Å²) in [6, 6.07) is 10.9. The zero-order valence-corrected chi connectivity index (χ0v) is 20.5. The number of hydrogen-bond acceptors (Lipinski definition) is 6. The van der Waals surface area contributed by atoms with Gasteiger partial charge >= 0.3 is 0 Å². The van der Waals surface area contributed by atoms with Gasteiger partial charge in [-0.2, -0.15) is 8.42 Å². The highest BCUT2D eigenvalue weighted by molar-refractivity contribution is 7.86. The predicted molar refractivity (Wildman–Crippen MR) is 136 cm³/mol. The van der Waals surface area contributed by atoms with Crippen molar-refractivity contribution < 1.29 is 13.0 Å². The van der Waals surface area contributed by atoms with Crippen molar-refractivity contribution in [3.05, 3.63) is 42.5 Å². The molecule has 0 unspecified atom stereocenters. The molecule has 0 atom stereocenters. The number of hydrogen-bond donors (Lipinski definition) is 4. The summed E-state index contributed by atoms with van der Waals surface area (Å²) in [5.74, 6) is 0. The van der Waals surface area contributed by atoms with Gasteiger partial charge in [-0.1, -0.05) is 40.0 Å². The number of nitrogen functional groups attached to an aromatic ring is 2. The molecule has 0 fully saturated rings. The molecule has 0 amide bonds. The maximum Gasteiger partial charge on any atom is 0.296 e. The van der Waals surface area contributed by atoms with E-state index >= 15 is 0 Å². The van der Waals surface area contributed by atoms with Crippen LogP contribution in [0.15, 0.2) is 47.4 Å². The Morgan fingerprint density at radius 3 is 1.72 bits per heavy atom. The summed E-state index contributed by atoms with van der Waals surface area (Å²) in [5, 5.41) is 2.88. The van der Waals surface area contributed by atoms with Gasteiger partial charge in [0.15, 0.2) is 0 Å². The zero-order chi connectivity index (χ0) is 24.0. The van der Waals surface area contributed by atoms with E-state index in [0.29, 0.717) is 11.4 Å². The lowest BCUT2D eigenvalue weighted by Gasteiger charge is -2.21. The SMILES string of the molecule is CCCCN(CCCC)CCCC.Nc1ccc(Nc2ccc(N)cc2S(=O)(=O)O)cc1. The molecule has 0 aliphatic carbocycles. The molecular formula is C24H40N4O3S. The molecule has 0 heterocycles. The molecule has 0 aromatic heterocycles. The minimum Gasteiger partial charge on any atom is -0.399 e. The first kappa shape index (κ1) is 27.7. The van der Waals surface area contributed by atoms with Gasteiger partial charge < -0.3 is 21.7 Å². The molecule has 6 N–H and O–H groups in total. The largest absolute Gasteiger partial charge is 0.399 e. The molecule has 8 heteroatoms. The monoisotopic (exact) mass is 464 g/mol. The highest BCUT2D eigenvalue weighted by atomic mass is 32.2. The zero-order valence-electron chi connectivity index (χ0n) is 19.7. The Morgan fingerprint density at radius 1 is 0.812 bits per heavy atom. The van der Waals surface area contributed by atoms with Crippen LogP contribution in [0.3, 0.4) is 0 Å². The minimum absolute atomic E-state index is 0.237. The topological polar surface area (TPSA) is 122 Å². The number of anilines is 4. The predicted octanol–water partition coefficient (Wildman–Crippen LogP) is 5.53. The average molecular weight is 465 g/mol. The second-order valence-electron chi connectivity index (χ2n) is 7.88. The molecule has 0 saturated carbocycles.